The van der Waals surface area contributed by atoms with Crippen LogP contribution < -0.4 is 0 Å². The van der Waals surface area contributed by atoms with Gasteiger partial charge in [0.25, 0.3) is 0 Å². The molecular weight excluding hydrogens is 341 g/mol. The highest BCUT2D eigenvalue weighted by atomic mass is 35.6. The summed E-state index contributed by atoms with van der Waals surface area (Å²) in [5.41, 5.74) is 1.17. The lowest BCUT2D eigenvalue weighted by Gasteiger charge is -2.27. The zero-order valence-corrected chi connectivity index (χ0v) is 16.5. The highest BCUT2D eigenvalue weighted by Gasteiger charge is 2.38. The minimum absolute atomic E-state index is 0.0649. The van der Waals surface area contributed by atoms with Crippen molar-refractivity contribution in [2.75, 3.05) is 6.61 Å². The molecule has 0 spiro atoms. The van der Waals surface area contributed by atoms with Crippen LogP contribution in [0, 0.1) is 5.92 Å². The number of cyclic esters (lactones) is 1. The van der Waals surface area contributed by atoms with Gasteiger partial charge in [0, 0.05) is 0 Å². The van der Waals surface area contributed by atoms with Crippen molar-refractivity contribution in [3.8, 4) is 0 Å². The molecule has 0 saturated carbocycles. The van der Waals surface area contributed by atoms with Gasteiger partial charge in [-0.2, -0.15) is 0 Å². The second-order valence-corrected chi connectivity index (χ2v) is 9.45. The smallest absolute Gasteiger partial charge is 0.619 e. The van der Waals surface area contributed by atoms with Crippen molar-refractivity contribution >= 4 is 29.7 Å². The zero-order chi connectivity index (χ0) is 17.5. The molecule has 0 bridgehead atoms. The van der Waals surface area contributed by atoms with E-state index >= 15 is 0 Å². The van der Waals surface area contributed by atoms with Crippen LogP contribution in [0.25, 0.3) is 0 Å². The van der Waals surface area contributed by atoms with E-state index in [-0.39, 0.29) is 12.1 Å². The summed E-state index contributed by atoms with van der Waals surface area (Å²) in [7, 11) is 6.32. The molecule has 130 valence electrons. The molecule has 1 fully saturated rings. The van der Waals surface area contributed by atoms with Gasteiger partial charge in [-0.3, -0.25) is 0 Å². The van der Waals surface area contributed by atoms with Crippen molar-refractivity contribution in [2.24, 2.45) is 5.92 Å². The lowest BCUT2D eigenvalue weighted by molar-refractivity contribution is 0.152. The van der Waals surface area contributed by atoms with E-state index in [1.165, 1.54) is 5.56 Å². The Labute approximate surface area is 153 Å². The molecule has 0 radical (unpaired) electrons. The maximum Gasteiger partial charge on any atom is 0.680 e. The number of amides is 1. The number of carbonyl (C=O) groups excluding carboxylic acids is 1. The van der Waals surface area contributed by atoms with Gasteiger partial charge in [0.2, 0.25) is 0 Å². The monoisotopic (exact) mass is 365 g/mol. The summed E-state index contributed by atoms with van der Waals surface area (Å²) in [6.45, 7) is 6.59. The molecule has 6 heteroatoms. The third-order valence-electron chi connectivity index (χ3n) is 4.15. The molecule has 1 aromatic carbocycles. The summed E-state index contributed by atoms with van der Waals surface area (Å²) in [5, 5.41) is 0.797. The third kappa shape index (κ3) is 5.17. The Morgan fingerprint density at radius 3 is 2.79 bits per heavy atom. The Morgan fingerprint density at radius 1 is 1.46 bits per heavy atom. The molecule has 1 amide bonds. The van der Waals surface area contributed by atoms with Crippen LogP contribution in [0.15, 0.2) is 42.3 Å². The minimum atomic E-state index is -1.85. The molecule has 0 aromatic heterocycles. The van der Waals surface area contributed by atoms with E-state index < -0.39 is 13.6 Å². The van der Waals surface area contributed by atoms with Gasteiger partial charge in [-0.25, -0.2) is 19.7 Å². The highest BCUT2D eigenvalue weighted by Crippen LogP contribution is 2.26. The normalized spacial score (nSPS) is 19.2. The van der Waals surface area contributed by atoms with Crippen LogP contribution in [0.2, 0.25) is 5.28 Å². The number of nitrogens with zero attached hydrogens (tertiary/aromatic N) is 1. The fourth-order valence-corrected chi connectivity index (χ4v) is 3.41. The Balaban J connectivity index is 2.23. The van der Waals surface area contributed by atoms with Crippen LogP contribution in [0.3, 0.4) is 0 Å². The molecule has 1 unspecified atom stereocenters. The molecule has 1 saturated heterocycles. The van der Waals surface area contributed by atoms with Crippen molar-refractivity contribution in [2.45, 2.75) is 44.9 Å². The van der Waals surface area contributed by atoms with Crippen molar-refractivity contribution < 1.29 is 13.3 Å². The molecule has 1 aliphatic heterocycles. The van der Waals surface area contributed by atoms with E-state index in [9.17, 15) is 4.79 Å². The van der Waals surface area contributed by atoms with Crippen molar-refractivity contribution in [1.29, 1.82) is 0 Å². The summed E-state index contributed by atoms with van der Waals surface area (Å²) in [4.78, 5) is 14.0. The fraction of sp³-hybridized carbons (Fsp3) is 0.500. The molecule has 2 atom stereocenters. The fourth-order valence-electron chi connectivity index (χ4n) is 2.52. The molecule has 24 heavy (non-hydrogen) atoms. The molecule has 0 N–H and O–H groups in total. The molecule has 1 heterocycles. The zero-order valence-electron chi connectivity index (χ0n) is 14.6. The number of carbonyl (C=O) groups is 1. The Bertz CT molecular complexity index is 567. The number of rotatable bonds is 8. The van der Waals surface area contributed by atoms with Gasteiger partial charge in [-0.1, -0.05) is 51.1 Å². The van der Waals surface area contributed by atoms with Crippen LogP contribution in [0.4, 0.5) is 4.79 Å². The predicted molar refractivity (Wildman–Crippen MR) is 97.8 cm³/mol. The highest BCUT2D eigenvalue weighted by molar-refractivity contribution is 7.03. The average Bonchev–Trinajstić information content (AvgIpc) is 2.95. The lowest BCUT2D eigenvalue weighted by atomic mass is 10.1. The topological polar surface area (TPSA) is 38.8 Å². The van der Waals surface area contributed by atoms with Gasteiger partial charge >= 0.3 is 19.7 Å². The number of hydrogen-bond donors (Lipinski definition) is 0. The summed E-state index contributed by atoms with van der Waals surface area (Å²) >= 11 is -1.85. The first kappa shape index (κ1) is 19.2. The Morgan fingerprint density at radius 2 is 2.17 bits per heavy atom. The molecular formula is C18H25AlClNO3. The number of hydrogen-bond acceptors (Lipinski definition) is 3. The number of benzene rings is 1. The van der Waals surface area contributed by atoms with Gasteiger partial charge in [0.05, 0.1) is 6.04 Å². The second kappa shape index (κ2) is 9.37. The average molecular weight is 366 g/mol. The Hall–Kier alpha value is -1.15. The maximum atomic E-state index is 12.3. The van der Waals surface area contributed by atoms with Crippen LogP contribution in [0.5, 0.6) is 0 Å². The summed E-state index contributed by atoms with van der Waals surface area (Å²) < 4.78 is 11.3. The first-order valence-electron chi connectivity index (χ1n) is 8.57. The van der Waals surface area contributed by atoms with E-state index in [1.54, 1.807) is 4.90 Å². The van der Waals surface area contributed by atoms with E-state index in [4.69, 9.17) is 18.6 Å². The Kier molecular flexibility index (Phi) is 7.48. The van der Waals surface area contributed by atoms with Crippen molar-refractivity contribution in [1.82, 2.24) is 4.90 Å². The van der Waals surface area contributed by atoms with Crippen LogP contribution in [-0.2, 0) is 14.9 Å². The maximum absolute atomic E-state index is 12.3. The van der Waals surface area contributed by atoms with E-state index in [0.717, 1.165) is 18.1 Å². The molecule has 1 aliphatic rings. The second-order valence-electron chi connectivity index (χ2n) is 6.12. The van der Waals surface area contributed by atoms with Crippen molar-refractivity contribution in [3.63, 3.8) is 0 Å². The first-order valence-corrected chi connectivity index (χ1v) is 11.6. The SMILES string of the molecule is CCC(C)/C=C(\[O][Al]([Cl])[CH2]C)N1C(=O)OC[C@@H]1Cc1ccccc1. The van der Waals surface area contributed by atoms with E-state index in [2.05, 4.69) is 26.0 Å². The summed E-state index contributed by atoms with van der Waals surface area (Å²) in [5.74, 6) is 0.877. The predicted octanol–water partition coefficient (Wildman–Crippen LogP) is 4.70. The molecule has 0 aliphatic carbocycles. The van der Waals surface area contributed by atoms with Gasteiger partial charge in [0.1, 0.15) is 6.61 Å². The molecule has 4 nitrogen and oxygen atoms in total. The van der Waals surface area contributed by atoms with Gasteiger partial charge in [0.15, 0.2) is 5.88 Å². The molecule has 1 aromatic rings. The first-order chi connectivity index (χ1) is 11.5. The van der Waals surface area contributed by atoms with E-state index in [0.29, 0.717) is 18.4 Å². The quantitative estimate of drug-likeness (QED) is 0.495. The largest absolute Gasteiger partial charge is 0.680 e. The third-order valence-corrected chi connectivity index (χ3v) is 6.49. The minimum Gasteiger partial charge on any atom is -0.619 e. The summed E-state index contributed by atoms with van der Waals surface area (Å²) in [6, 6.07) is 10.0. The van der Waals surface area contributed by atoms with Gasteiger partial charge in [-0.15, -0.1) is 0 Å². The lowest BCUT2D eigenvalue weighted by Crippen LogP contribution is -2.37. The number of halogens is 1. The van der Waals surface area contributed by atoms with Crippen LogP contribution in [0.1, 0.15) is 32.8 Å². The number of ether oxygens (including phenoxy) is 1. The number of allylic oxidation sites excluding steroid dienone is 1. The van der Waals surface area contributed by atoms with Gasteiger partial charge < -0.3 is 8.53 Å². The van der Waals surface area contributed by atoms with Crippen LogP contribution >= 0.6 is 10.0 Å². The van der Waals surface area contributed by atoms with Crippen molar-refractivity contribution in [3.05, 3.63) is 47.9 Å². The summed E-state index contributed by atoms with van der Waals surface area (Å²) in [6.07, 6.45) is 3.36. The standard InChI is InChI=1S/C16H21NO3.C2H5.Al.ClH/c1-3-12(2)9-15(18)17-14(11-20-16(17)19)10-13-7-5-4-6-8-13;1-2;;/h4-9,12,14,18H,3,10-11H2,1-2H3;1H2,2H3;;1H/q;;+2;/p-2/b15-9-;;;/t12?,14-;;;/m0.../s1. The molecule has 2 rings (SSSR count). The van der Waals surface area contributed by atoms with Gasteiger partial charge in [-0.05, 0) is 35.7 Å². The van der Waals surface area contributed by atoms with Crippen LogP contribution in [-0.4, -0.2) is 37.2 Å². The van der Waals surface area contributed by atoms with E-state index in [1.807, 2.05) is 31.2 Å².